The minimum absolute atomic E-state index is 0.0471. The Morgan fingerprint density at radius 2 is 2.24 bits per heavy atom. The number of carbonyl (C=O) groups excluding carboxylic acids is 1. The molecule has 0 saturated carbocycles. The van der Waals surface area contributed by atoms with Gasteiger partial charge in [0.25, 0.3) is 0 Å². The number of nitrogens with one attached hydrogen (secondary N) is 1. The van der Waals surface area contributed by atoms with Gasteiger partial charge in [0, 0.05) is 4.88 Å². The van der Waals surface area contributed by atoms with Crippen LogP contribution in [-0.4, -0.2) is 11.9 Å². The zero-order chi connectivity index (χ0) is 12.8. The van der Waals surface area contributed by atoms with Crippen molar-refractivity contribution in [2.75, 3.05) is 0 Å². The number of hydrogen-bond acceptors (Lipinski definition) is 3. The molecule has 0 aliphatic carbocycles. The highest BCUT2D eigenvalue weighted by molar-refractivity contribution is 7.10. The second-order valence-corrected chi connectivity index (χ2v) is 5.68. The van der Waals surface area contributed by atoms with Gasteiger partial charge >= 0.3 is 0 Å². The van der Waals surface area contributed by atoms with Gasteiger partial charge in [-0.15, -0.1) is 11.3 Å². The molecule has 1 heterocycles. The molecule has 0 unspecified atom stereocenters. The van der Waals surface area contributed by atoms with Gasteiger partial charge in [-0.05, 0) is 35.8 Å². The summed E-state index contributed by atoms with van der Waals surface area (Å²) in [5.74, 6) is 0.401. The number of hydrogen-bond donors (Lipinski definition) is 2. The molecule has 1 amide bonds. The van der Waals surface area contributed by atoms with Crippen molar-refractivity contribution in [3.63, 3.8) is 0 Å². The van der Waals surface area contributed by atoms with E-state index in [9.17, 15) is 4.79 Å². The summed E-state index contributed by atoms with van der Waals surface area (Å²) >= 11 is 1.69. The van der Waals surface area contributed by atoms with Gasteiger partial charge in [-0.2, -0.15) is 0 Å². The second-order valence-electron chi connectivity index (χ2n) is 4.68. The van der Waals surface area contributed by atoms with Crippen LogP contribution in [0.3, 0.4) is 0 Å². The van der Waals surface area contributed by atoms with E-state index in [-0.39, 0.29) is 11.9 Å². The molecule has 1 aromatic heterocycles. The molecule has 0 fully saturated rings. The van der Waals surface area contributed by atoms with E-state index in [0.717, 1.165) is 12.8 Å². The van der Waals surface area contributed by atoms with E-state index in [1.807, 2.05) is 0 Å². The van der Waals surface area contributed by atoms with Crippen molar-refractivity contribution < 1.29 is 4.79 Å². The fourth-order valence-electron chi connectivity index (χ4n) is 1.75. The minimum Gasteiger partial charge on any atom is -0.350 e. The number of nitrogens with two attached hydrogens (primary N) is 1. The van der Waals surface area contributed by atoms with Crippen LogP contribution in [0.1, 0.15) is 37.6 Å². The van der Waals surface area contributed by atoms with E-state index in [4.69, 9.17) is 5.73 Å². The highest BCUT2D eigenvalue weighted by Gasteiger charge is 2.15. The molecule has 3 nitrogen and oxygen atoms in total. The standard InChI is InChI=1S/C13H22N2OS/c1-4-10-5-6-17-12(10)8-15-13(16)11(14)7-9(2)3/h5-6,9,11H,4,7-8,14H2,1-3H3,(H,15,16)/t11-/m1/s1. The summed E-state index contributed by atoms with van der Waals surface area (Å²) in [6.45, 7) is 6.87. The number of amides is 1. The smallest absolute Gasteiger partial charge is 0.237 e. The lowest BCUT2D eigenvalue weighted by molar-refractivity contribution is -0.122. The maximum atomic E-state index is 11.7. The fraction of sp³-hybridized carbons (Fsp3) is 0.615. The molecule has 4 heteroatoms. The highest BCUT2D eigenvalue weighted by Crippen LogP contribution is 2.16. The summed E-state index contributed by atoms with van der Waals surface area (Å²) < 4.78 is 0. The molecule has 0 radical (unpaired) electrons. The topological polar surface area (TPSA) is 55.1 Å². The quantitative estimate of drug-likeness (QED) is 0.818. The third kappa shape index (κ3) is 4.48. The van der Waals surface area contributed by atoms with Crippen molar-refractivity contribution in [1.29, 1.82) is 0 Å². The van der Waals surface area contributed by atoms with Crippen LogP contribution in [0.25, 0.3) is 0 Å². The number of rotatable bonds is 6. The van der Waals surface area contributed by atoms with Gasteiger partial charge in [-0.25, -0.2) is 0 Å². The molecule has 1 atom stereocenters. The van der Waals surface area contributed by atoms with E-state index in [2.05, 4.69) is 37.5 Å². The molecule has 3 N–H and O–H groups in total. The van der Waals surface area contributed by atoms with Gasteiger partial charge in [0.1, 0.15) is 0 Å². The normalized spacial score (nSPS) is 12.8. The molecule has 0 saturated heterocycles. The van der Waals surface area contributed by atoms with Crippen molar-refractivity contribution in [2.45, 2.75) is 46.2 Å². The van der Waals surface area contributed by atoms with Crippen LogP contribution < -0.4 is 11.1 Å². The van der Waals surface area contributed by atoms with Crippen molar-refractivity contribution in [3.8, 4) is 0 Å². The van der Waals surface area contributed by atoms with E-state index in [1.54, 1.807) is 11.3 Å². The predicted octanol–water partition coefficient (Wildman–Crippen LogP) is 2.30. The third-order valence-electron chi connectivity index (χ3n) is 2.70. The summed E-state index contributed by atoms with van der Waals surface area (Å²) in [7, 11) is 0. The summed E-state index contributed by atoms with van der Waals surface area (Å²) in [5.41, 5.74) is 7.13. The Balaban J connectivity index is 2.43. The lowest BCUT2D eigenvalue weighted by Crippen LogP contribution is -2.41. The zero-order valence-electron chi connectivity index (χ0n) is 10.8. The van der Waals surface area contributed by atoms with Gasteiger partial charge in [-0.3, -0.25) is 4.79 Å². The van der Waals surface area contributed by atoms with Crippen LogP contribution in [0.2, 0.25) is 0 Å². The minimum atomic E-state index is -0.389. The largest absolute Gasteiger partial charge is 0.350 e. The van der Waals surface area contributed by atoms with E-state index >= 15 is 0 Å². The highest BCUT2D eigenvalue weighted by atomic mass is 32.1. The van der Waals surface area contributed by atoms with Crippen molar-refractivity contribution >= 4 is 17.2 Å². The van der Waals surface area contributed by atoms with Crippen LogP contribution in [-0.2, 0) is 17.8 Å². The van der Waals surface area contributed by atoms with Crippen LogP contribution in [0.5, 0.6) is 0 Å². The predicted molar refractivity (Wildman–Crippen MR) is 73.0 cm³/mol. The Labute approximate surface area is 107 Å². The van der Waals surface area contributed by atoms with Crippen LogP contribution in [0.15, 0.2) is 11.4 Å². The summed E-state index contributed by atoms with van der Waals surface area (Å²) in [6.07, 6.45) is 1.74. The SMILES string of the molecule is CCc1ccsc1CNC(=O)[C@H](N)CC(C)C. The Morgan fingerprint density at radius 3 is 2.82 bits per heavy atom. The molecule has 0 aliphatic heterocycles. The molecule has 17 heavy (non-hydrogen) atoms. The Bertz CT molecular complexity index is 360. The first-order valence-corrected chi connectivity index (χ1v) is 7.01. The first-order valence-electron chi connectivity index (χ1n) is 6.13. The lowest BCUT2D eigenvalue weighted by atomic mass is 10.0. The molecule has 1 aromatic rings. The first kappa shape index (κ1) is 14.2. The van der Waals surface area contributed by atoms with E-state index in [0.29, 0.717) is 12.5 Å². The van der Waals surface area contributed by atoms with Gasteiger partial charge in [-0.1, -0.05) is 20.8 Å². The average Bonchev–Trinajstić information content (AvgIpc) is 2.72. The lowest BCUT2D eigenvalue weighted by Gasteiger charge is -2.14. The third-order valence-corrected chi connectivity index (χ3v) is 3.67. The summed E-state index contributed by atoms with van der Waals surface area (Å²) in [5, 5.41) is 4.98. The zero-order valence-corrected chi connectivity index (χ0v) is 11.6. The van der Waals surface area contributed by atoms with E-state index < -0.39 is 0 Å². The van der Waals surface area contributed by atoms with Gasteiger partial charge in [0.2, 0.25) is 5.91 Å². The van der Waals surface area contributed by atoms with Crippen LogP contribution in [0.4, 0.5) is 0 Å². The molecule has 96 valence electrons. The van der Waals surface area contributed by atoms with Gasteiger partial charge < -0.3 is 11.1 Å². The summed E-state index contributed by atoms with van der Waals surface area (Å²) in [4.78, 5) is 13.0. The monoisotopic (exact) mass is 254 g/mol. The number of carbonyl (C=O) groups is 1. The Kier molecular flexibility index (Phi) is 5.65. The summed E-state index contributed by atoms with van der Waals surface area (Å²) in [6, 6.07) is 1.72. The van der Waals surface area contributed by atoms with Gasteiger partial charge in [0.05, 0.1) is 12.6 Å². The molecule has 1 rings (SSSR count). The van der Waals surface area contributed by atoms with Crippen molar-refractivity contribution in [1.82, 2.24) is 5.32 Å². The Hall–Kier alpha value is -0.870. The van der Waals surface area contributed by atoms with Crippen LogP contribution >= 0.6 is 11.3 Å². The molecule has 0 aliphatic rings. The van der Waals surface area contributed by atoms with Crippen molar-refractivity contribution in [3.05, 3.63) is 21.9 Å². The molecule has 0 spiro atoms. The van der Waals surface area contributed by atoms with Gasteiger partial charge in [0.15, 0.2) is 0 Å². The first-order chi connectivity index (χ1) is 8.04. The fourth-order valence-corrected chi connectivity index (χ4v) is 2.67. The number of aryl methyl sites for hydroxylation is 1. The van der Waals surface area contributed by atoms with Crippen molar-refractivity contribution in [2.24, 2.45) is 11.7 Å². The van der Waals surface area contributed by atoms with E-state index in [1.165, 1.54) is 10.4 Å². The molecule has 0 aromatic carbocycles. The Morgan fingerprint density at radius 1 is 1.53 bits per heavy atom. The second kappa shape index (κ2) is 6.77. The number of thiophene rings is 1. The van der Waals surface area contributed by atoms with Crippen LogP contribution in [0, 0.1) is 5.92 Å². The maximum Gasteiger partial charge on any atom is 0.237 e. The molecular formula is C13H22N2OS. The molecule has 0 bridgehead atoms. The molecular weight excluding hydrogens is 232 g/mol. The average molecular weight is 254 g/mol. The maximum absolute atomic E-state index is 11.7.